The van der Waals surface area contributed by atoms with Crippen LogP contribution in [0.1, 0.15) is 37.8 Å². The molecule has 1 aliphatic rings. The maximum Gasteiger partial charge on any atom is 0.171 e. The van der Waals surface area contributed by atoms with E-state index in [0.29, 0.717) is 15.9 Å². The minimum atomic E-state index is 0.106. The molecule has 1 aliphatic heterocycles. The fourth-order valence-corrected chi connectivity index (χ4v) is 3.87. The summed E-state index contributed by atoms with van der Waals surface area (Å²) in [5, 5.41) is 7.60. The van der Waals surface area contributed by atoms with Crippen LogP contribution in [0.15, 0.2) is 42.5 Å². The molecule has 0 aromatic heterocycles. The number of nitrogens with one attached hydrogen (secondary N) is 2. The highest BCUT2D eigenvalue weighted by Gasteiger charge is 2.12. The molecule has 4 nitrogen and oxygen atoms in total. The highest BCUT2D eigenvalue weighted by Crippen LogP contribution is 2.27. The van der Waals surface area contributed by atoms with Gasteiger partial charge in [-0.15, -0.1) is 0 Å². The molecular formula is C21H26ClN3OS. The van der Waals surface area contributed by atoms with Crippen molar-refractivity contribution in [2.45, 2.75) is 32.2 Å². The Kier molecular flexibility index (Phi) is 6.80. The summed E-state index contributed by atoms with van der Waals surface area (Å²) in [6.07, 6.45) is 3.92. The second kappa shape index (κ2) is 9.29. The molecule has 6 heteroatoms. The van der Waals surface area contributed by atoms with Crippen LogP contribution in [-0.4, -0.2) is 25.3 Å². The average molecular weight is 404 g/mol. The van der Waals surface area contributed by atoms with E-state index in [0.717, 1.165) is 18.8 Å². The van der Waals surface area contributed by atoms with Gasteiger partial charge in [0.1, 0.15) is 5.75 Å². The molecular weight excluding hydrogens is 378 g/mol. The number of ether oxygens (including phenoxy) is 1. The van der Waals surface area contributed by atoms with E-state index in [1.54, 1.807) is 13.2 Å². The van der Waals surface area contributed by atoms with Gasteiger partial charge in [0.2, 0.25) is 0 Å². The van der Waals surface area contributed by atoms with E-state index in [2.05, 4.69) is 46.7 Å². The third-order valence-corrected chi connectivity index (χ3v) is 5.39. The van der Waals surface area contributed by atoms with Crippen molar-refractivity contribution in [1.29, 1.82) is 0 Å². The van der Waals surface area contributed by atoms with Gasteiger partial charge in [-0.3, -0.25) is 0 Å². The number of benzene rings is 2. The van der Waals surface area contributed by atoms with Gasteiger partial charge >= 0.3 is 0 Å². The lowest BCUT2D eigenvalue weighted by Gasteiger charge is -2.29. The molecule has 27 heavy (non-hydrogen) atoms. The van der Waals surface area contributed by atoms with Crippen LogP contribution in [0.3, 0.4) is 0 Å². The summed E-state index contributed by atoms with van der Waals surface area (Å²) in [6, 6.07) is 14.4. The minimum Gasteiger partial charge on any atom is -0.495 e. The Labute approximate surface area is 171 Å². The Balaban J connectivity index is 1.56. The van der Waals surface area contributed by atoms with Gasteiger partial charge in [-0.05, 0) is 74.3 Å². The van der Waals surface area contributed by atoms with Crippen LogP contribution >= 0.6 is 23.8 Å². The smallest absolute Gasteiger partial charge is 0.171 e. The number of rotatable bonds is 5. The molecule has 1 unspecified atom stereocenters. The molecule has 1 heterocycles. The Morgan fingerprint density at radius 3 is 2.44 bits per heavy atom. The lowest BCUT2D eigenvalue weighted by Crippen LogP contribution is -2.31. The van der Waals surface area contributed by atoms with E-state index in [-0.39, 0.29) is 6.04 Å². The molecule has 1 atom stereocenters. The van der Waals surface area contributed by atoms with Gasteiger partial charge in [-0.1, -0.05) is 23.7 Å². The molecule has 0 radical (unpaired) electrons. The first-order chi connectivity index (χ1) is 13.1. The third-order valence-electron chi connectivity index (χ3n) is 4.87. The lowest BCUT2D eigenvalue weighted by molar-refractivity contribution is 0.415. The van der Waals surface area contributed by atoms with Gasteiger partial charge in [0.05, 0.1) is 18.2 Å². The number of thiocarbonyl (C=S) groups is 1. The van der Waals surface area contributed by atoms with Crippen LogP contribution < -0.4 is 20.3 Å². The number of piperidine rings is 1. The Morgan fingerprint density at radius 2 is 1.81 bits per heavy atom. The molecule has 0 amide bonds. The summed E-state index contributed by atoms with van der Waals surface area (Å²) in [4.78, 5) is 2.46. The fourth-order valence-electron chi connectivity index (χ4n) is 3.32. The second-order valence-corrected chi connectivity index (χ2v) is 7.62. The van der Waals surface area contributed by atoms with Gasteiger partial charge in [-0.2, -0.15) is 0 Å². The Morgan fingerprint density at radius 1 is 1.11 bits per heavy atom. The quantitative estimate of drug-likeness (QED) is 0.655. The zero-order chi connectivity index (χ0) is 19.2. The molecule has 2 N–H and O–H groups in total. The van der Waals surface area contributed by atoms with Crippen LogP contribution in [0.25, 0.3) is 0 Å². The van der Waals surface area contributed by atoms with Gasteiger partial charge in [0, 0.05) is 24.5 Å². The van der Waals surface area contributed by atoms with Crippen LogP contribution in [0, 0.1) is 0 Å². The summed E-state index contributed by atoms with van der Waals surface area (Å²) in [7, 11) is 1.60. The average Bonchev–Trinajstić information content (AvgIpc) is 2.69. The molecule has 144 valence electrons. The molecule has 1 fully saturated rings. The summed E-state index contributed by atoms with van der Waals surface area (Å²) in [5.74, 6) is 0.642. The Hall–Kier alpha value is -1.98. The van der Waals surface area contributed by atoms with Crippen molar-refractivity contribution in [3.8, 4) is 5.75 Å². The van der Waals surface area contributed by atoms with E-state index in [1.807, 2.05) is 12.1 Å². The molecule has 2 aromatic carbocycles. The molecule has 3 rings (SSSR count). The Bertz CT molecular complexity index is 775. The largest absolute Gasteiger partial charge is 0.495 e. The SMILES string of the molecule is COc1ccc(NC(=S)NC(C)c2ccc(N3CCCCC3)cc2)cc1Cl. The van der Waals surface area contributed by atoms with Crippen molar-refractivity contribution in [2.24, 2.45) is 0 Å². The van der Waals surface area contributed by atoms with Crippen molar-refractivity contribution < 1.29 is 4.74 Å². The first-order valence-electron chi connectivity index (χ1n) is 9.33. The van der Waals surface area contributed by atoms with Crippen LogP contribution in [0.4, 0.5) is 11.4 Å². The molecule has 0 spiro atoms. The number of hydrogen-bond donors (Lipinski definition) is 2. The van der Waals surface area contributed by atoms with Crippen LogP contribution in [-0.2, 0) is 0 Å². The normalized spacial score (nSPS) is 15.1. The third kappa shape index (κ3) is 5.27. The van der Waals surface area contributed by atoms with Crippen molar-refractivity contribution >= 4 is 40.3 Å². The summed E-state index contributed by atoms with van der Waals surface area (Å²) < 4.78 is 5.17. The molecule has 1 saturated heterocycles. The summed E-state index contributed by atoms with van der Waals surface area (Å²) in [6.45, 7) is 4.42. The summed E-state index contributed by atoms with van der Waals surface area (Å²) in [5.41, 5.74) is 3.33. The first-order valence-corrected chi connectivity index (χ1v) is 10.1. The van der Waals surface area contributed by atoms with Crippen molar-refractivity contribution in [3.05, 3.63) is 53.1 Å². The molecule has 0 bridgehead atoms. The number of halogens is 1. The van der Waals surface area contributed by atoms with E-state index in [1.165, 1.54) is 30.5 Å². The van der Waals surface area contributed by atoms with Gasteiger partial charge in [-0.25, -0.2) is 0 Å². The molecule has 0 aliphatic carbocycles. The second-order valence-electron chi connectivity index (χ2n) is 6.81. The lowest BCUT2D eigenvalue weighted by atomic mass is 10.1. The predicted molar refractivity (Wildman–Crippen MR) is 118 cm³/mol. The predicted octanol–water partition coefficient (Wildman–Crippen LogP) is 5.39. The number of hydrogen-bond acceptors (Lipinski definition) is 3. The van der Waals surface area contributed by atoms with Crippen molar-refractivity contribution in [2.75, 3.05) is 30.4 Å². The number of nitrogens with zero attached hydrogens (tertiary/aromatic N) is 1. The first kappa shape index (κ1) is 19.8. The number of methoxy groups -OCH3 is 1. The highest BCUT2D eigenvalue weighted by molar-refractivity contribution is 7.80. The van der Waals surface area contributed by atoms with Crippen molar-refractivity contribution in [1.82, 2.24) is 5.32 Å². The highest BCUT2D eigenvalue weighted by atomic mass is 35.5. The topological polar surface area (TPSA) is 36.5 Å². The number of anilines is 2. The standard InChI is InChI=1S/C21H26ClN3OS/c1-15(16-6-9-18(10-7-16)25-12-4-3-5-13-25)23-21(27)24-17-8-11-20(26-2)19(22)14-17/h6-11,14-15H,3-5,12-13H2,1-2H3,(H2,23,24,27). The van der Waals surface area contributed by atoms with Gasteiger partial charge in [0.15, 0.2) is 5.11 Å². The van der Waals surface area contributed by atoms with E-state index in [9.17, 15) is 0 Å². The summed E-state index contributed by atoms with van der Waals surface area (Å²) >= 11 is 11.6. The van der Waals surface area contributed by atoms with E-state index < -0.39 is 0 Å². The minimum absolute atomic E-state index is 0.106. The fraction of sp³-hybridized carbons (Fsp3) is 0.381. The van der Waals surface area contributed by atoms with Crippen LogP contribution in [0.5, 0.6) is 5.75 Å². The monoisotopic (exact) mass is 403 g/mol. The van der Waals surface area contributed by atoms with Crippen molar-refractivity contribution in [3.63, 3.8) is 0 Å². The van der Waals surface area contributed by atoms with E-state index in [4.69, 9.17) is 28.6 Å². The zero-order valence-corrected chi connectivity index (χ0v) is 17.4. The molecule has 2 aromatic rings. The maximum absolute atomic E-state index is 6.16. The van der Waals surface area contributed by atoms with E-state index >= 15 is 0 Å². The van der Waals surface area contributed by atoms with Gasteiger partial charge in [0.25, 0.3) is 0 Å². The maximum atomic E-state index is 6.16. The van der Waals surface area contributed by atoms with Crippen LogP contribution in [0.2, 0.25) is 5.02 Å². The molecule has 0 saturated carbocycles. The zero-order valence-electron chi connectivity index (χ0n) is 15.8. The van der Waals surface area contributed by atoms with Gasteiger partial charge < -0.3 is 20.3 Å².